The summed E-state index contributed by atoms with van der Waals surface area (Å²) in [5.74, 6) is 2.18. The summed E-state index contributed by atoms with van der Waals surface area (Å²) in [5, 5.41) is 3.12. The van der Waals surface area contributed by atoms with Crippen LogP contribution in [-0.2, 0) is 9.53 Å². The van der Waals surface area contributed by atoms with Gasteiger partial charge < -0.3 is 15.0 Å². The van der Waals surface area contributed by atoms with Crippen molar-refractivity contribution in [2.24, 2.45) is 0 Å². The highest BCUT2D eigenvalue weighted by Gasteiger charge is 2.33. The maximum Gasteiger partial charge on any atom is 0.248 e. The summed E-state index contributed by atoms with van der Waals surface area (Å²) in [6.45, 7) is 3.27. The number of hydrogen-bond acceptors (Lipinski definition) is 7. The van der Waals surface area contributed by atoms with Crippen LogP contribution in [0.15, 0.2) is 24.7 Å². The van der Waals surface area contributed by atoms with Crippen LogP contribution in [0.2, 0.25) is 0 Å². The Hall–Kier alpha value is -2.61. The van der Waals surface area contributed by atoms with Gasteiger partial charge in [0.1, 0.15) is 24.1 Å². The average Bonchev–Trinajstić information content (AvgIpc) is 2.46. The van der Waals surface area contributed by atoms with Crippen LogP contribution < -0.4 is 5.32 Å². The topological polar surface area (TPSA) is 93.1 Å². The minimum absolute atomic E-state index is 0.00527. The number of carbonyl (C=O) groups is 1. The highest BCUT2D eigenvalue weighted by Crippen LogP contribution is 2.26. The zero-order valence-electron chi connectivity index (χ0n) is 13.1. The molecule has 120 valence electrons. The standard InChI is InChI=1S/C15H18N6O2/c1-10-5-12(19-13-6-16-3-4-17-13)20-15(18-10)11-7-21(8-11)14(22)9-23-2/h3-6,11H,7-9H2,1-2H3,(H,17,18,19,20). The van der Waals surface area contributed by atoms with E-state index in [0.29, 0.717) is 24.7 Å². The maximum absolute atomic E-state index is 11.7. The Morgan fingerprint density at radius 1 is 1.35 bits per heavy atom. The molecule has 1 aliphatic rings. The van der Waals surface area contributed by atoms with Gasteiger partial charge in [-0.3, -0.25) is 9.78 Å². The molecule has 0 bridgehead atoms. The van der Waals surface area contributed by atoms with Crippen molar-refractivity contribution in [1.82, 2.24) is 24.8 Å². The summed E-state index contributed by atoms with van der Waals surface area (Å²) in [5.41, 5.74) is 0.864. The molecule has 0 unspecified atom stereocenters. The van der Waals surface area contributed by atoms with E-state index >= 15 is 0 Å². The first kappa shape index (κ1) is 15.3. The Bertz CT molecular complexity index is 688. The molecule has 0 aliphatic carbocycles. The molecule has 2 aromatic rings. The Kier molecular flexibility index (Phi) is 4.42. The number of nitrogens with zero attached hydrogens (tertiary/aromatic N) is 5. The van der Waals surface area contributed by atoms with Gasteiger partial charge in [-0.05, 0) is 6.92 Å². The summed E-state index contributed by atoms with van der Waals surface area (Å²) in [6.07, 6.45) is 4.86. The van der Waals surface area contributed by atoms with Gasteiger partial charge in [-0.1, -0.05) is 0 Å². The van der Waals surface area contributed by atoms with E-state index in [-0.39, 0.29) is 18.4 Å². The van der Waals surface area contributed by atoms with Gasteiger partial charge in [0.15, 0.2) is 0 Å². The lowest BCUT2D eigenvalue weighted by molar-refractivity contribution is -0.139. The number of amides is 1. The minimum atomic E-state index is -0.00527. The summed E-state index contributed by atoms with van der Waals surface area (Å²) >= 11 is 0. The fourth-order valence-corrected chi connectivity index (χ4v) is 2.39. The van der Waals surface area contributed by atoms with Gasteiger partial charge in [-0.25, -0.2) is 15.0 Å². The van der Waals surface area contributed by atoms with Gasteiger partial charge in [0.2, 0.25) is 5.91 Å². The van der Waals surface area contributed by atoms with Crippen LogP contribution in [0.4, 0.5) is 11.6 Å². The van der Waals surface area contributed by atoms with Crippen LogP contribution >= 0.6 is 0 Å². The third-order valence-electron chi connectivity index (χ3n) is 3.56. The van der Waals surface area contributed by atoms with Gasteiger partial charge in [0, 0.05) is 44.4 Å². The van der Waals surface area contributed by atoms with Gasteiger partial charge in [0.05, 0.1) is 12.1 Å². The number of aromatic nitrogens is 4. The van der Waals surface area contributed by atoms with Gasteiger partial charge in [-0.2, -0.15) is 0 Å². The first-order valence-corrected chi connectivity index (χ1v) is 7.31. The van der Waals surface area contributed by atoms with Crippen LogP contribution in [0.25, 0.3) is 0 Å². The number of nitrogens with one attached hydrogen (secondary N) is 1. The molecule has 8 nitrogen and oxygen atoms in total. The number of hydrogen-bond donors (Lipinski definition) is 1. The average molecular weight is 314 g/mol. The zero-order chi connectivity index (χ0) is 16.2. The lowest BCUT2D eigenvalue weighted by atomic mass is 9.99. The van der Waals surface area contributed by atoms with E-state index in [4.69, 9.17) is 4.74 Å². The van der Waals surface area contributed by atoms with Crippen molar-refractivity contribution >= 4 is 17.5 Å². The lowest BCUT2D eigenvalue weighted by Crippen LogP contribution is -2.50. The number of anilines is 2. The van der Waals surface area contributed by atoms with E-state index in [1.165, 1.54) is 7.11 Å². The number of aryl methyl sites for hydroxylation is 1. The third kappa shape index (κ3) is 3.59. The zero-order valence-corrected chi connectivity index (χ0v) is 13.1. The molecule has 1 amide bonds. The smallest absolute Gasteiger partial charge is 0.248 e. The normalized spacial score (nSPS) is 14.4. The largest absolute Gasteiger partial charge is 0.375 e. The van der Waals surface area contributed by atoms with E-state index < -0.39 is 0 Å². The molecule has 1 fully saturated rings. The SMILES string of the molecule is COCC(=O)N1CC(c2nc(C)cc(Nc3cnccn3)n2)C1. The summed E-state index contributed by atoms with van der Waals surface area (Å²) in [4.78, 5) is 30.6. The summed E-state index contributed by atoms with van der Waals surface area (Å²) < 4.78 is 4.86. The predicted molar refractivity (Wildman–Crippen MR) is 83.3 cm³/mol. The fourth-order valence-electron chi connectivity index (χ4n) is 2.39. The van der Waals surface area contributed by atoms with Crippen molar-refractivity contribution < 1.29 is 9.53 Å². The van der Waals surface area contributed by atoms with Gasteiger partial charge in [-0.15, -0.1) is 0 Å². The van der Waals surface area contributed by atoms with Crippen LogP contribution in [0.3, 0.4) is 0 Å². The maximum atomic E-state index is 11.7. The van der Waals surface area contributed by atoms with E-state index in [1.807, 2.05) is 13.0 Å². The minimum Gasteiger partial charge on any atom is -0.375 e. The van der Waals surface area contributed by atoms with Crippen LogP contribution in [0, 0.1) is 6.92 Å². The summed E-state index contributed by atoms with van der Waals surface area (Å²) in [6, 6.07) is 1.85. The molecule has 0 aromatic carbocycles. The molecule has 1 N–H and O–H groups in total. The second kappa shape index (κ2) is 6.66. The van der Waals surface area contributed by atoms with Crippen LogP contribution in [0.5, 0.6) is 0 Å². The molecule has 3 rings (SSSR count). The number of methoxy groups -OCH3 is 1. The number of rotatable bonds is 5. The number of ether oxygens (including phenoxy) is 1. The molecule has 1 aliphatic heterocycles. The highest BCUT2D eigenvalue weighted by atomic mass is 16.5. The van der Waals surface area contributed by atoms with Crippen LogP contribution in [-0.4, -0.2) is 57.5 Å². The van der Waals surface area contributed by atoms with Crippen molar-refractivity contribution in [3.63, 3.8) is 0 Å². The monoisotopic (exact) mass is 314 g/mol. The quantitative estimate of drug-likeness (QED) is 0.876. The van der Waals surface area contributed by atoms with E-state index in [1.54, 1.807) is 23.5 Å². The summed E-state index contributed by atoms with van der Waals surface area (Å²) in [7, 11) is 1.52. The lowest BCUT2D eigenvalue weighted by Gasteiger charge is -2.38. The number of likely N-dealkylation sites (tertiary alicyclic amines) is 1. The molecule has 0 saturated carbocycles. The third-order valence-corrected chi connectivity index (χ3v) is 3.56. The Balaban J connectivity index is 1.68. The molecule has 1 saturated heterocycles. The van der Waals surface area contributed by atoms with E-state index in [9.17, 15) is 4.79 Å². The Morgan fingerprint density at radius 2 is 2.17 bits per heavy atom. The first-order chi connectivity index (χ1) is 11.2. The van der Waals surface area contributed by atoms with Crippen molar-refractivity contribution in [1.29, 1.82) is 0 Å². The first-order valence-electron chi connectivity index (χ1n) is 7.31. The molecule has 2 aromatic heterocycles. The van der Waals surface area contributed by atoms with Gasteiger partial charge >= 0.3 is 0 Å². The Labute approximate surface area is 134 Å². The molecule has 23 heavy (non-hydrogen) atoms. The fraction of sp³-hybridized carbons (Fsp3) is 0.400. The molecular formula is C15H18N6O2. The highest BCUT2D eigenvalue weighted by molar-refractivity contribution is 5.78. The molecule has 0 spiro atoms. The molecule has 3 heterocycles. The molecule has 0 atom stereocenters. The van der Waals surface area contributed by atoms with Crippen molar-refractivity contribution in [2.45, 2.75) is 12.8 Å². The number of carbonyl (C=O) groups excluding carboxylic acids is 1. The van der Waals surface area contributed by atoms with Gasteiger partial charge in [0.25, 0.3) is 0 Å². The predicted octanol–water partition coefficient (Wildman–Crippen LogP) is 0.891. The second-order valence-corrected chi connectivity index (χ2v) is 5.40. The van der Waals surface area contributed by atoms with E-state index in [0.717, 1.165) is 11.5 Å². The second-order valence-electron chi connectivity index (χ2n) is 5.40. The van der Waals surface area contributed by atoms with E-state index in [2.05, 4.69) is 25.3 Å². The van der Waals surface area contributed by atoms with Crippen molar-refractivity contribution in [3.8, 4) is 0 Å². The molecule has 8 heteroatoms. The molecular weight excluding hydrogens is 296 g/mol. The molecule has 0 radical (unpaired) electrons. The van der Waals surface area contributed by atoms with Crippen LogP contribution in [0.1, 0.15) is 17.4 Å². The van der Waals surface area contributed by atoms with Crippen molar-refractivity contribution in [3.05, 3.63) is 36.2 Å². The van der Waals surface area contributed by atoms with Crippen molar-refractivity contribution in [2.75, 3.05) is 32.1 Å². The Morgan fingerprint density at radius 3 is 2.87 bits per heavy atom.